The maximum atomic E-state index is 9.81. The summed E-state index contributed by atoms with van der Waals surface area (Å²) in [4.78, 5) is 13.6. The maximum Gasteiger partial charge on any atom is 0.320 e. The molecule has 0 saturated carbocycles. The third-order valence-corrected chi connectivity index (χ3v) is 1.32. The molecule has 0 bridgehead atoms. The Bertz CT molecular complexity index is 200. The largest absolute Gasteiger partial charge is 0.480 e. The lowest BCUT2D eigenvalue weighted by molar-refractivity contribution is -0.138. The Morgan fingerprint density at radius 3 is 2.08 bits per heavy atom. The van der Waals surface area contributed by atoms with Gasteiger partial charge in [0.1, 0.15) is 6.04 Å². The highest BCUT2D eigenvalue weighted by Gasteiger charge is 2.05. The summed E-state index contributed by atoms with van der Waals surface area (Å²) in [6.07, 6.45) is 4.00. The van der Waals surface area contributed by atoms with E-state index in [4.69, 9.17) is 10.8 Å². The van der Waals surface area contributed by atoms with Crippen LogP contribution in [0.15, 0.2) is 30.6 Å². The summed E-state index contributed by atoms with van der Waals surface area (Å²) in [7, 11) is 0. The number of aliphatic carboxylic acids is 1. The quantitative estimate of drug-likeness (QED) is 0.712. The molecule has 1 aromatic heterocycles. The van der Waals surface area contributed by atoms with Crippen molar-refractivity contribution in [2.45, 2.75) is 19.4 Å². The summed E-state index contributed by atoms with van der Waals surface area (Å²) >= 11 is 0. The Hall–Kier alpha value is -1.42. The van der Waals surface area contributed by atoms with Gasteiger partial charge in [-0.25, -0.2) is 0 Å². The molecule has 0 spiro atoms. The van der Waals surface area contributed by atoms with Gasteiger partial charge in [-0.05, 0) is 18.6 Å². The monoisotopic (exact) mass is 182 g/mol. The summed E-state index contributed by atoms with van der Waals surface area (Å²) in [5.74, 6) is -0.928. The summed E-state index contributed by atoms with van der Waals surface area (Å²) in [6, 6.07) is 5.03. The van der Waals surface area contributed by atoms with E-state index in [9.17, 15) is 4.79 Å². The summed E-state index contributed by atoms with van der Waals surface area (Å²) in [6.45, 7) is 1.73. The molecule has 72 valence electrons. The number of carboxylic acids is 1. The predicted octanol–water partition coefficient (Wildman–Crippen LogP) is 0.890. The van der Waals surface area contributed by atoms with E-state index in [1.165, 1.54) is 0 Å². The first-order chi connectivity index (χ1) is 6.18. The molecule has 0 saturated heterocycles. The van der Waals surface area contributed by atoms with Gasteiger partial charge in [-0.2, -0.15) is 0 Å². The number of carboxylic acid groups (broad SMARTS) is 1. The van der Waals surface area contributed by atoms with Crippen molar-refractivity contribution in [1.29, 1.82) is 0 Å². The van der Waals surface area contributed by atoms with Crippen LogP contribution in [0.2, 0.25) is 0 Å². The molecule has 4 nitrogen and oxygen atoms in total. The van der Waals surface area contributed by atoms with Crippen molar-refractivity contribution < 1.29 is 9.90 Å². The molecule has 0 aliphatic carbocycles. The Kier molecular flexibility index (Phi) is 6.45. The Morgan fingerprint density at radius 2 is 2.00 bits per heavy atom. The van der Waals surface area contributed by atoms with Crippen LogP contribution in [0.4, 0.5) is 0 Å². The molecule has 0 amide bonds. The Labute approximate surface area is 77.4 Å². The van der Waals surface area contributed by atoms with E-state index in [1.54, 1.807) is 19.3 Å². The van der Waals surface area contributed by atoms with Gasteiger partial charge in [-0.3, -0.25) is 9.78 Å². The fourth-order valence-corrected chi connectivity index (χ4v) is 0.487. The van der Waals surface area contributed by atoms with Crippen LogP contribution in [0.5, 0.6) is 0 Å². The number of nitrogens with zero attached hydrogens (tertiary/aromatic N) is 1. The lowest BCUT2D eigenvalue weighted by atomic mass is 10.2. The van der Waals surface area contributed by atoms with E-state index < -0.39 is 12.0 Å². The van der Waals surface area contributed by atoms with Crippen LogP contribution in [0.25, 0.3) is 0 Å². The van der Waals surface area contributed by atoms with Gasteiger partial charge in [-0.1, -0.05) is 13.0 Å². The highest BCUT2D eigenvalue weighted by molar-refractivity contribution is 5.72. The van der Waals surface area contributed by atoms with Crippen molar-refractivity contribution in [2.24, 2.45) is 5.73 Å². The van der Waals surface area contributed by atoms with Crippen molar-refractivity contribution in [3.8, 4) is 0 Å². The van der Waals surface area contributed by atoms with Crippen LogP contribution in [-0.2, 0) is 4.79 Å². The number of hydrogen-bond donors (Lipinski definition) is 2. The lowest BCUT2D eigenvalue weighted by Gasteiger charge is -1.97. The van der Waals surface area contributed by atoms with E-state index in [0.717, 1.165) is 0 Å². The van der Waals surface area contributed by atoms with Gasteiger partial charge in [0.15, 0.2) is 0 Å². The molecule has 1 rings (SSSR count). The third kappa shape index (κ3) is 6.96. The topological polar surface area (TPSA) is 76.2 Å². The van der Waals surface area contributed by atoms with Crippen LogP contribution >= 0.6 is 0 Å². The first kappa shape index (κ1) is 11.6. The molecular formula is C9H14N2O2. The van der Waals surface area contributed by atoms with Crippen LogP contribution in [0.1, 0.15) is 13.3 Å². The fourth-order valence-electron chi connectivity index (χ4n) is 0.487. The number of hydrogen-bond acceptors (Lipinski definition) is 3. The number of rotatable bonds is 2. The van der Waals surface area contributed by atoms with Gasteiger partial charge in [-0.15, -0.1) is 0 Å². The van der Waals surface area contributed by atoms with Gasteiger partial charge in [0.05, 0.1) is 0 Å². The summed E-state index contributed by atoms with van der Waals surface area (Å²) in [5.41, 5.74) is 5.02. The first-order valence-electron chi connectivity index (χ1n) is 4.01. The predicted molar refractivity (Wildman–Crippen MR) is 50.1 cm³/mol. The summed E-state index contributed by atoms with van der Waals surface area (Å²) in [5, 5.41) is 8.06. The second-order valence-electron chi connectivity index (χ2n) is 2.38. The van der Waals surface area contributed by atoms with Crippen molar-refractivity contribution in [2.75, 3.05) is 0 Å². The minimum Gasteiger partial charge on any atom is -0.480 e. The molecule has 0 aliphatic rings. The molecule has 1 heterocycles. The number of carbonyl (C=O) groups is 1. The smallest absolute Gasteiger partial charge is 0.320 e. The highest BCUT2D eigenvalue weighted by atomic mass is 16.4. The molecule has 1 unspecified atom stereocenters. The van der Waals surface area contributed by atoms with E-state index >= 15 is 0 Å². The number of pyridine rings is 1. The molecule has 0 aliphatic heterocycles. The zero-order chi connectivity index (χ0) is 10.1. The van der Waals surface area contributed by atoms with Gasteiger partial charge in [0.2, 0.25) is 0 Å². The van der Waals surface area contributed by atoms with Crippen LogP contribution < -0.4 is 5.73 Å². The van der Waals surface area contributed by atoms with Crippen molar-refractivity contribution in [3.05, 3.63) is 30.6 Å². The Morgan fingerprint density at radius 1 is 1.46 bits per heavy atom. The maximum absolute atomic E-state index is 9.81. The molecule has 0 radical (unpaired) electrons. The summed E-state index contributed by atoms with van der Waals surface area (Å²) < 4.78 is 0. The van der Waals surface area contributed by atoms with Gasteiger partial charge < -0.3 is 10.8 Å². The van der Waals surface area contributed by atoms with Crippen molar-refractivity contribution >= 4 is 5.97 Å². The van der Waals surface area contributed by atoms with Crippen molar-refractivity contribution in [3.63, 3.8) is 0 Å². The Balaban J connectivity index is 0.000000223. The molecule has 0 aromatic carbocycles. The van der Waals surface area contributed by atoms with Crippen LogP contribution in [-0.4, -0.2) is 22.1 Å². The van der Waals surface area contributed by atoms with E-state index in [1.807, 2.05) is 18.2 Å². The molecule has 1 aromatic rings. The minimum atomic E-state index is -0.928. The average Bonchev–Trinajstić information content (AvgIpc) is 2.20. The first-order valence-corrected chi connectivity index (χ1v) is 4.01. The fraction of sp³-hybridized carbons (Fsp3) is 0.333. The van der Waals surface area contributed by atoms with Crippen LogP contribution in [0, 0.1) is 0 Å². The van der Waals surface area contributed by atoms with Crippen LogP contribution in [0.3, 0.4) is 0 Å². The van der Waals surface area contributed by atoms with E-state index in [-0.39, 0.29) is 0 Å². The number of nitrogens with two attached hydrogens (primary N) is 1. The molecule has 13 heavy (non-hydrogen) atoms. The minimum absolute atomic E-state index is 0.495. The van der Waals surface area contributed by atoms with E-state index in [0.29, 0.717) is 6.42 Å². The zero-order valence-corrected chi connectivity index (χ0v) is 7.55. The molecule has 4 heteroatoms. The van der Waals surface area contributed by atoms with Gasteiger partial charge in [0.25, 0.3) is 0 Å². The molecule has 1 atom stereocenters. The average molecular weight is 182 g/mol. The zero-order valence-electron chi connectivity index (χ0n) is 7.55. The van der Waals surface area contributed by atoms with Gasteiger partial charge in [0, 0.05) is 12.4 Å². The second-order valence-corrected chi connectivity index (χ2v) is 2.38. The van der Waals surface area contributed by atoms with Gasteiger partial charge >= 0.3 is 5.97 Å². The number of aromatic nitrogens is 1. The third-order valence-electron chi connectivity index (χ3n) is 1.32. The molecule has 0 fully saturated rings. The molecule has 3 N–H and O–H groups in total. The highest BCUT2D eigenvalue weighted by Crippen LogP contribution is 1.82. The van der Waals surface area contributed by atoms with Crippen molar-refractivity contribution in [1.82, 2.24) is 4.98 Å². The van der Waals surface area contributed by atoms with E-state index in [2.05, 4.69) is 4.98 Å². The SMILES string of the molecule is CCC(N)C(=O)O.c1ccncc1. The lowest BCUT2D eigenvalue weighted by Crippen LogP contribution is -2.28. The second kappa shape index (κ2) is 7.24. The molecular weight excluding hydrogens is 168 g/mol. The normalized spacial score (nSPS) is 10.9. The standard InChI is InChI=1S/C5H5N.C4H9NO2/c1-2-4-6-5-3-1;1-2-3(5)4(6)7/h1-5H;3H,2,5H2,1H3,(H,6,7).